The molecule has 0 heterocycles. The summed E-state index contributed by atoms with van der Waals surface area (Å²) in [6.45, 7) is 7.90. The van der Waals surface area contributed by atoms with Crippen LogP contribution in [0.1, 0.15) is 33.1 Å². The number of unbranched alkanes of at least 4 members (excludes halogenated alkanes) is 1. The van der Waals surface area contributed by atoms with Crippen LogP contribution in [0.4, 0.5) is 0 Å². The highest BCUT2D eigenvalue weighted by atomic mass is 13.9. The predicted molar refractivity (Wildman–Crippen MR) is 52.6 cm³/mol. The Bertz CT molecular complexity index is 149. The lowest BCUT2D eigenvalue weighted by atomic mass is 10.1. The molecule has 62 valence electrons. The number of rotatable bonds is 5. The van der Waals surface area contributed by atoms with Crippen LogP contribution in [0, 0.1) is 0 Å². The molecule has 0 unspecified atom stereocenters. The SMILES string of the molecule is C=CC/C(C)=C/CC/C=C/C. The second-order valence-electron chi connectivity index (χ2n) is 2.69. The Labute approximate surface area is 70.3 Å². The van der Waals surface area contributed by atoms with Crippen molar-refractivity contribution in [3.63, 3.8) is 0 Å². The molecule has 0 radical (unpaired) electrons. The van der Waals surface area contributed by atoms with Gasteiger partial charge in [-0.05, 0) is 33.1 Å². The fourth-order valence-corrected chi connectivity index (χ4v) is 0.904. The van der Waals surface area contributed by atoms with E-state index >= 15 is 0 Å². The Kier molecular flexibility index (Phi) is 6.81. The van der Waals surface area contributed by atoms with E-state index in [9.17, 15) is 0 Å². The summed E-state index contributed by atoms with van der Waals surface area (Å²) in [7, 11) is 0. The summed E-state index contributed by atoms with van der Waals surface area (Å²) in [6, 6.07) is 0. The van der Waals surface area contributed by atoms with E-state index in [1.54, 1.807) is 0 Å². The summed E-state index contributed by atoms with van der Waals surface area (Å²) in [5.74, 6) is 0. The molecule has 0 saturated heterocycles. The third-order valence-electron chi connectivity index (χ3n) is 1.53. The van der Waals surface area contributed by atoms with Crippen LogP contribution in [0.15, 0.2) is 36.5 Å². The number of allylic oxidation sites excluding steroid dienone is 5. The monoisotopic (exact) mass is 150 g/mol. The van der Waals surface area contributed by atoms with Crippen LogP contribution in [-0.2, 0) is 0 Å². The Morgan fingerprint density at radius 1 is 1.36 bits per heavy atom. The lowest BCUT2D eigenvalue weighted by Gasteiger charge is -1.93. The quantitative estimate of drug-likeness (QED) is 0.412. The second-order valence-corrected chi connectivity index (χ2v) is 2.69. The minimum atomic E-state index is 1.02. The van der Waals surface area contributed by atoms with E-state index in [4.69, 9.17) is 0 Å². The van der Waals surface area contributed by atoms with Crippen LogP contribution in [0.2, 0.25) is 0 Å². The molecule has 11 heavy (non-hydrogen) atoms. The van der Waals surface area contributed by atoms with Gasteiger partial charge < -0.3 is 0 Å². The summed E-state index contributed by atoms with van der Waals surface area (Å²) in [5, 5.41) is 0. The van der Waals surface area contributed by atoms with E-state index in [-0.39, 0.29) is 0 Å². The molecule has 0 aliphatic carbocycles. The maximum absolute atomic E-state index is 3.69. The van der Waals surface area contributed by atoms with Gasteiger partial charge in [-0.3, -0.25) is 0 Å². The molecule has 0 aromatic heterocycles. The summed E-state index contributed by atoms with van der Waals surface area (Å²) >= 11 is 0. The third kappa shape index (κ3) is 7.11. The first kappa shape index (κ1) is 10.2. The van der Waals surface area contributed by atoms with Crippen molar-refractivity contribution in [2.24, 2.45) is 0 Å². The number of hydrogen-bond acceptors (Lipinski definition) is 0. The summed E-state index contributed by atoms with van der Waals surface area (Å²) in [6.07, 6.45) is 11.8. The van der Waals surface area contributed by atoms with Crippen molar-refractivity contribution in [1.29, 1.82) is 0 Å². The Morgan fingerprint density at radius 3 is 2.64 bits per heavy atom. The number of hydrogen-bond donors (Lipinski definition) is 0. The van der Waals surface area contributed by atoms with E-state index in [0.29, 0.717) is 0 Å². The highest BCUT2D eigenvalue weighted by Crippen LogP contribution is 2.03. The zero-order chi connectivity index (χ0) is 8.53. The minimum absolute atomic E-state index is 1.02. The van der Waals surface area contributed by atoms with E-state index in [0.717, 1.165) is 19.3 Å². The molecule has 0 heteroatoms. The predicted octanol–water partition coefficient (Wildman–Crippen LogP) is 3.87. The van der Waals surface area contributed by atoms with Crippen molar-refractivity contribution in [1.82, 2.24) is 0 Å². The van der Waals surface area contributed by atoms with Gasteiger partial charge in [-0.2, -0.15) is 0 Å². The van der Waals surface area contributed by atoms with Crippen molar-refractivity contribution < 1.29 is 0 Å². The molecule has 0 aliphatic heterocycles. The molecule has 0 aliphatic rings. The second kappa shape index (κ2) is 7.33. The van der Waals surface area contributed by atoms with Gasteiger partial charge in [-0.25, -0.2) is 0 Å². The molecule has 0 bridgehead atoms. The van der Waals surface area contributed by atoms with Gasteiger partial charge in [0.1, 0.15) is 0 Å². The molecule has 0 fully saturated rings. The Morgan fingerprint density at radius 2 is 2.09 bits per heavy atom. The lowest BCUT2D eigenvalue weighted by Crippen LogP contribution is -1.72. The summed E-state index contributed by atoms with van der Waals surface area (Å²) in [4.78, 5) is 0. The van der Waals surface area contributed by atoms with Crippen molar-refractivity contribution in [2.45, 2.75) is 33.1 Å². The van der Waals surface area contributed by atoms with Crippen molar-refractivity contribution in [3.05, 3.63) is 36.5 Å². The molecule has 0 nitrogen and oxygen atoms in total. The smallest absolute Gasteiger partial charge is 0.0144 e. The lowest BCUT2D eigenvalue weighted by molar-refractivity contribution is 1.02. The van der Waals surface area contributed by atoms with Gasteiger partial charge in [-0.1, -0.05) is 29.9 Å². The van der Waals surface area contributed by atoms with E-state index < -0.39 is 0 Å². The van der Waals surface area contributed by atoms with E-state index in [1.165, 1.54) is 5.57 Å². The Balaban J connectivity index is 3.47. The van der Waals surface area contributed by atoms with E-state index in [2.05, 4.69) is 38.7 Å². The first-order chi connectivity index (χ1) is 5.31. The van der Waals surface area contributed by atoms with Crippen LogP contribution in [-0.4, -0.2) is 0 Å². The van der Waals surface area contributed by atoms with Gasteiger partial charge in [0.2, 0.25) is 0 Å². The van der Waals surface area contributed by atoms with Crippen LogP contribution in [0.3, 0.4) is 0 Å². The Hall–Kier alpha value is -0.780. The van der Waals surface area contributed by atoms with E-state index in [1.807, 2.05) is 6.08 Å². The van der Waals surface area contributed by atoms with Gasteiger partial charge in [0.15, 0.2) is 0 Å². The van der Waals surface area contributed by atoms with Crippen LogP contribution < -0.4 is 0 Å². The molecule has 0 N–H and O–H groups in total. The molecule has 0 saturated carbocycles. The molecule has 0 atom stereocenters. The largest absolute Gasteiger partial charge is 0.103 e. The average molecular weight is 150 g/mol. The minimum Gasteiger partial charge on any atom is -0.103 e. The van der Waals surface area contributed by atoms with Crippen LogP contribution in [0.5, 0.6) is 0 Å². The van der Waals surface area contributed by atoms with Gasteiger partial charge in [0.25, 0.3) is 0 Å². The maximum Gasteiger partial charge on any atom is -0.0144 e. The first-order valence-electron chi connectivity index (χ1n) is 4.19. The van der Waals surface area contributed by atoms with Gasteiger partial charge in [0.05, 0.1) is 0 Å². The highest BCUT2D eigenvalue weighted by Gasteiger charge is 1.83. The van der Waals surface area contributed by atoms with Gasteiger partial charge in [0, 0.05) is 0 Å². The molecule has 0 spiro atoms. The molecule has 0 aromatic carbocycles. The molecule has 0 amide bonds. The molecular weight excluding hydrogens is 132 g/mol. The fraction of sp³-hybridized carbons (Fsp3) is 0.455. The van der Waals surface area contributed by atoms with Crippen molar-refractivity contribution >= 4 is 0 Å². The average Bonchev–Trinajstić information content (AvgIpc) is 1.99. The zero-order valence-corrected chi connectivity index (χ0v) is 7.64. The first-order valence-corrected chi connectivity index (χ1v) is 4.19. The van der Waals surface area contributed by atoms with Crippen molar-refractivity contribution in [3.8, 4) is 0 Å². The van der Waals surface area contributed by atoms with Gasteiger partial charge >= 0.3 is 0 Å². The topological polar surface area (TPSA) is 0 Å². The highest BCUT2D eigenvalue weighted by molar-refractivity contribution is 5.03. The molecular formula is C11H18. The van der Waals surface area contributed by atoms with Gasteiger partial charge in [-0.15, -0.1) is 6.58 Å². The van der Waals surface area contributed by atoms with Crippen molar-refractivity contribution in [2.75, 3.05) is 0 Å². The fourth-order valence-electron chi connectivity index (χ4n) is 0.904. The summed E-state index contributed by atoms with van der Waals surface area (Å²) in [5.41, 5.74) is 1.42. The molecule has 0 rings (SSSR count). The standard InChI is InChI=1S/C11H18/c1-4-6-7-8-10-11(3)9-5-2/h4-6,10H,2,7-9H2,1,3H3/b6-4+,11-10+. The summed E-state index contributed by atoms with van der Waals surface area (Å²) < 4.78 is 0. The zero-order valence-electron chi connectivity index (χ0n) is 7.64. The van der Waals surface area contributed by atoms with Crippen LogP contribution >= 0.6 is 0 Å². The normalized spacial score (nSPS) is 12.4. The third-order valence-corrected chi connectivity index (χ3v) is 1.53. The maximum atomic E-state index is 3.69. The molecule has 0 aromatic rings. The van der Waals surface area contributed by atoms with Crippen LogP contribution in [0.25, 0.3) is 0 Å².